The maximum absolute atomic E-state index is 9.58. The molecule has 0 unspecified atom stereocenters. The standard InChI is InChI=1S/C2H4N2O5/c5-1-2(3(6)7)4(8)9/h2,5H,1H2. The maximum Gasteiger partial charge on any atom is 0.472 e. The summed E-state index contributed by atoms with van der Waals surface area (Å²) in [6.45, 7) is -1.07. The number of hydrogen-bond donors (Lipinski definition) is 1. The average molecular weight is 136 g/mol. The highest BCUT2D eigenvalue weighted by Gasteiger charge is 2.30. The van der Waals surface area contributed by atoms with E-state index in [2.05, 4.69) is 0 Å². The van der Waals surface area contributed by atoms with Crippen LogP contribution in [0.1, 0.15) is 0 Å². The summed E-state index contributed by atoms with van der Waals surface area (Å²) in [4.78, 5) is 16.8. The van der Waals surface area contributed by atoms with Crippen LogP contribution in [0.4, 0.5) is 0 Å². The second-order valence-corrected chi connectivity index (χ2v) is 1.23. The van der Waals surface area contributed by atoms with E-state index in [1.807, 2.05) is 0 Å². The van der Waals surface area contributed by atoms with Gasteiger partial charge in [-0.3, -0.25) is 20.2 Å². The Morgan fingerprint density at radius 2 is 1.67 bits per heavy atom. The lowest BCUT2D eigenvalue weighted by Crippen LogP contribution is -2.32. The van der Waals surface area contributed by atoms with Crippen LogP contribution in [-0.4, -0.2) is 27.7 Å². The normalized spacial score (nSPS) is 9.56. The van der Waals surface area contributed by atoms with Gasteiger partial charge in [-0.15, -0.1) is 0 Å². The monoisotopic (exact) mass is 136 g/mol. The Labute approximate surface area is 49.2 Å². The summed E-state index contributed by atoms with van der Waals surface area (Å²) in [5.41, 5.74) is 0. The van der Waals surface area contributed by atoms with Crippen molar-refractivity contribution in [2.24, 2.45) is 0 Å². The van der Waals surface area contributed by atoms with Gasteiger partial charge in [0.05, 0.1) is 9.85 Å². The molecule has 0 aliphatic carbocycles. The van der Waals surface area contributed by atoms with E-state index in [9.17, 15) is 20.2 Å². The van der Waals surface area contributed by atoms with Crippen LogP contribution < -0.4 is 0 Å². The predicted octanol–water partition coefficient (Wildman–Crippen LogP) is -1.14. The zero-order valence-corrected chi connectivity index (χ0v) is 4.26. The lowest BCUT2D eigenvalue weighted by Gasteiger charge is -1.94. The summed E-state index contributed by atoms with van der Waals surface area (Å²) < 4.78 is 0. The zero-order chi connectivity index (χ0) is 7.44. The molecular weight excluding hydrogens is 132 g/mol. The molecule has 0 radical (unpaired) electrons. The molecule has 0 aromatic rings. The summed E-state index contributed by atoms with van der Waals surface area (Å²) in [5, 5.41) is 27.1. The molecule has 0 saturated heterocycles. The molecule has 7 heteroatoms. The highest BCUT2D eigenvalue weighted by molar-refractivity contribution is 4.32. The van der Waals surface area contributed by atoms with Gasteiger partial charge in [0.25, 0.3) is 0 Å². The van der Waals surface area contributed by atoms with Crippen molar-refractivity contribution in [2.75, 3.05) is 6.61 Å². The smallest absolute Gasteiger partial charge is 0.382 e. The number of nitro groups is 2. The third-order valence-electron chi connectivity index (χ3n) is 0.650. The molecule has 0 aromatic heterocycles. The van der Waals surface area contributed by atoms with Crippen molar-refractivity contribution in [1.29, 1.82) is 0 Å². The fourth-order valence-electron chi connectivity index (χ4n) is 0.210. The summed E-state index contributed by atoms with van der Waals surface area (Å²) in [7, 11) is 0. The van der Waals surface area contributed by atoms with Gasteiger partial charge >= 0.3 is 6.17 Å². The largest absolute Gasteiger partial charge is 0.472 e. The van der Waals surface area contributed by atoms with Crippen LogP contribution in [0.2, 0.25) is 0 Å². The number of hydrogen-bond acceptors (Lipinski definition) is 5. The minimum Gasteiger partial charge on any atom is -0.382 e. The third-order valence-corrected chi connectivity index (χ3v) is 0.650. The van der Waals surface area contributed by atoms with E-state index in [0.29, 0.717) is 0 Å². The van der Waals surface area contributed by atoms with E-state index in [4.69, 9.17) is 5.11 Å². The van der Waals surface area contributed by atoms with E-state index >= 15 is 0 Å². The predicted molar refractivity (Wildman–Crippen MR) is 24.9 cm³/mol. The second-order valence-electron chi connectivity index (χ2n) is 1.23. The van der Waals surface area contributed by atoms with Crippen LogP contribution >= 0.6 is 0 Å². The lowest BCUT2D eigenvalue weighted by molar-refractivity contribution is -0.743. The summed E-state index contributed by atoms with van der Waals surface area (Å²) >= 11 is 0. The summed E-state index contributed by atoms with van der Waals surface area (Å²) in [6.07, 6.45) is -2.08. The number of rotatable bonds is 3. The Bertz CT molecular complexity index is 119. The van der Waals surface area contributed by atoms with Gasteiger partial charge in [-0.1, -0.05) is 0 Å². The Morgan fingerprint density at radius 1 is 1.33 bits per heavy atom. The van der Waals surface area contributed by atoms with Gasteiger partial charge < -0.3 is 5.11 Å². The first kappa shape index (κ1) is 7.76. The molecule has 0 saturated carbocycles. The molecule has 0 aromatic carbocycles. The van der Waals surface area contributed by atoms with Gasteiger partial charge in [0.2, 0.25) is 0 Å². The molecule has 52 valence electrons. The molecular formula is C2H4N2O5. The van der Waals surface area contributed by atoms with Crippen LogP contribution in [0.15, 0.2) is 0 Å². The van der Waals surface area contributed by atoms with Crippen molar-refractivity contribution in [3.05, 3.63) is 20.2 Å². The van der Waals surface area contributed by atoms with Crippen molar-refractivity contribution in [1.82, 2.24) is 0 Å². The molecule has 0 atom stereocenters. The molecule has 0 heterocycles. The molecule has 0 rings (SSSR count). The third kappa shape index (κ3) is 2.00. The van der Waals surface area contributed by atoms with Gasteiger partial charge in [-0.25, -0.2) is 0 Å². The van der Waals surface area contributed by atoms with E-state index in [1.54, 1.807) is 0 Å². The average Bonchev–Trinajstić information content (AvgIpc) is 1.64. The molecule has 1 N–H and O–H groups in total. The topological polar surface area (TPSA) is 107 Å². The molecule has 0 aliphatic heterocycles. The van der Waals surface area contributed by atoms with Crippen LogP contribution in [0, 0.1) is 20.2 Å². The second kappa shape index (κ2) is 2.92. The van der Waals surface area contributed by atoms with Crippen LogP contribution in [0.3, 0.4) is 0 Å². The fraction of sp³-hybridized carbons (Fsp3) is 1.00. The van der Waals surface area contributed by atoms with Crippen LogP contribution in [0.25, 0.3) is 0 Å². The van der Waals surface area contributed by atoms with E-state index < -0.39 is 22.6 Å². The van der Waals surface area contributed by atoms with Crippen molar-refractivity contribution >= 4 is 0 Å². The van der Waals surface area contributed by atoms with Crippen molar-refractivity contribution in [3.63, 3.8) is 0 Å². The highest BCUT2D eigenvalue weighted by atomic mass is 16.7. The number of aliphatic hydroxyl groups is 1. The molecule has 0 bridgehead atoms. The Kier molecular flexibility index (Phi) is 2.52. The van der Waals surface area contributed by atoms with Gasteiger partial charge in [-0.2, -0.15) is 0 Å². The maximum atomic E-state index is 9.58. The van der Waals surface area contributed by atoms with Crippen LogP contribution in [-0.2, 0) is 0 Å². The first-order valence-electron chi connectivity index (χ1n) is 1.97. The molecule has 0 amide bonds. The van der Waals surface area contributed by atoms with Gasteiger partial charge in [0.15, 0.2) is 6.61 Å². The van der Waals surface area contributed by atoms with Gasteiger partial charge in [0, 0.05) is 0 Å². The van der Waals surface area contributed by atoms with E-state index in [1.165, 1.54) is 0 Å². The van der Waals surface area contributed by atoms with Gasteiger partial charge in [0.1, 0.15) is 0 Å². The van der Waals surface area contributed by atoms with Crippen molar-refractivity contribution in [3.8, 4) is 0 Å². The lowest BCUT2D eigenvalue weighted by atomic mass is 10.6. The van der Waals surface area contributed by atoms with Crippen LogP contribution in [0.5, 0.6) is 0 Å². The number of aliphatic hydroxyl groups excluding tert-OH is 1. The van der Waals surface area contributed by atoms with E-state index in [-0.39, 0.29) is 0 Å². The van der Waals surface area contributed by atoms with Crippen molar-refractivity contribution < 1.29 is 15.0 Å². The Balaban J connectivity index is 3.99. The Hall–Kier alpha value is -1.24. The summed E-state index contributed by atoms with van der Waals surface area (Å²) in [6, 6.07) is 0. The fourth-order valence-corrected chi connectivity index (χ4v) is 0.210. The minimum atomic E-state index is -2.08. The minimum absolute atomic E-state index is 1.07. The molecule has 7 nitrogen and oxygen atoms in total. The first-order valence-corrected chi connectivity index (χ1v) is 1.97. The zero-order valence-electron chi connectivity index (χ0n) is 4.26. The quantitative estimate of drug-likeness (QED) is 0.299. The molecule has 9 heavy (non-hydrogen) atoms. The van der Waals surface area contributed by atoms with E-state index in [0.717, 1.165) is 0 Å². The SMILES string of the molecule is O=[N+]([O-])C(CO)[N+](=O)[O-]. The molecule has 0 fully saturated rings. The molecule has 0 spiro atoms. The number of nitrogens with zero attached hydrogens (tertiary/aromatic N) is 2. The summed E-state index contributed by atoms with van der Waals surface area (Å²) in [5.74, 6) is 0. The van der Waals surface area contributed by atoms with Crippen molar-refractivity contribution in [2.45, 2.75) is 6.17 Å². The molecule has 0 aliphatic rings. The Morgan fingerprint density at radius 3 is 1.67 bits per heavy atom. The highest BCUT2D eigenvalue weighted by Crippen LogP contribution is 1.87. The van der Waals surface area contributed by atoms with Gasteiger partial charge in [-0.05, 0) is 0 Å². The first-order chi connectivity index (χ1) is 4.09.